The number of carbonyl (C=O) groups excluding carboxylic acids is 1. The molecule has 0 aromatic heterocycles. The van der Waals surface area contributed by atoms with Crippen molar-refractivity contribution in [3.8, 4) is 0 Å². The standard InChI is InChI=1S/C11H12N4O3/c12-15-14-5-4-10(17)11(18)8-2-1-3-9(6-8)13-7-16/h1-3,6,10-11,17-18H,4-5H2. The molecule has 0 radical (unpaired) electrons. The van der Waals surface area contributed by atoms with Crippen LogP contribution in [0.4, 0.5) is 5.69 Å². The molecule has 94 valence electrons. The highest BCUT2D eigenvalue weighted by Crippen LogP contribution is 2.23. The molecule has 2 unspecified atom stereocenters. The maximum Gasteiger partial charge on any atom is 0.240 e. The number of rotatable bonds is 6. The molecule has 0 aliphatic carbocycles. The topological polar surface area (TPSA) is 119 Å². The Morgan fingerprint density at radius 1 is 1.44 bits per heavy atom. The Balaban J connectivity index is 2.75. The summed E-state index contributed by atoms with van der Waals surface area (Å²) >= 11 is 0. The third kappa shape index (κ3) is 4.01. The minimum atomic E-state index is -1.12. The summed E-state index contributed by atoms with van der Waals surface area (Å²) in [6, 6.07) is 6.26. The van der Waals surface area contributed by atoms with Crippen molar-refractivity contribution in [2.75, 3.05) is 6.54 Å². The summed E-state index contributed by atoms with van der Waals surface area (Å²) in [5.41, 5.74) is 8.88. The predicted octanol–water partition coefficient (Wildman–Crippen LogP) is 1.75. The summed E-state index contributed by atoms with van der Waals surface area (Å²) in [4.78, 5) is 16.1. The van der Waals surface area contributed by atoms with Gasteiger partial charge >= 0.3 is 0 Å². The van der Waals surface area contributed by atoms with Gasteiger partial charge in [0.25, 0.3) is 0 Å². The van der Waals surface area contributed by atoms with Crippen molar-refractivity contribution in [3.63, 3.8) is 0 Å². The van der Waals surface area contributed by atoms with Gasteiger partial charge < -0.3 is 10.2 Å². The van der Waals surface area contributed by atoms with Gasteiger partial charge in [0, 0.05) is 11.5 Å². The minimum absolute atomic E-state index is 0.0981. The van der Waals surface area contributed by atoms with Crippen LogP contribution in [0.15, 0.2) is 34.4 Å². The van der Waals surface area contributed by atoms with Gasteiger partial charge in [-0.15, -0.1) is 0 Å². The summed E-state index contributed by atoms with van der Waals surface area (Å²) in [7, 11) is 0. The van der Waals surface area contributed by atoms with E-state index in [2.05, 4.69) is 15.0 Å². The van der Waals surface area contributed by atoms with E-state index in [-0.39, 0.29) is 13.0 Å². The van der Waals surface area contributed by atoms with E-state index >= 15 is 0 Å². The lowest BCUT2D eigenvalue weighted by atomic mass is 10.0. The molecule has 0 aliphatic heterocycles. The lowest BCUT2D eigenvalue weighted by molar-refractivity contribution is 0.0151. The van der Waals surface area contributed by atoms with E-state index in [0.29, 0.717) is 11.3 Å². The van der Waals surface area contributed by atoms with Crippen LogP contribution in [0.5, 0.6) is 0 Å². The molecule has 0 saturated carbocycles. The lowest BCUT2D eigenvalue weighted by Gasteiger charge is -2.17. The fourth-order valence-electron chi connectivity index (χ4n) is 1.45. The van der Waals surface area contributed by atoms with Gasteiger partial charge in [0.2, 0.25) is 6.08 Å². The van der Waals surface area contributed by atoms with E-state index in [4.69, 9.17) is 5.53 Å². The largest absolute Gasteiger partial charge is 0.390 e. The molecule has 0 bridgehead atoms. The number of hydrogen-bond acceptors (Lipinski definition) is 5. The first kappa shape index (κ1) is 13.9. The minimum Gasteiger partial charge on any atom is -0.390 e. The van der Waals surface area contributed by atoms with Crippen molar-refractivity contribution in [1.82, 2.24) is 0 Å². The fourth-order valence-corrected chi connectivity index (χ4v) is 1.45. The van der Waals surface area contributed by atoms with Gasteiger partial charge in [0.15, 0.2) is 0 Å². The van der Waals surface area contributed by atoms with Crippen molar-refractivity contribution in [1.29, 1.82) is 0 Å². The zero-order valence-corrected chi connectivity index (χ0v) is 9.47. The van der Waals surface area contributed by atoms with Crippen LogP contribution in [0.2, 0.25) is 0 Å². The Kier molecular flexibility index (Phi) is 5.57. The van der Waals surface area contributed by atoms with Crippen LogP contribution in [0, 0.1) is 0 Å². The van der Waals surface area contributed by atoms with Gasteiger partial charge in [-0.25, -0.2) is 4.79 Å². The van der Waals surface area contributed by atoms with Gasteiger partial charge in [-0.1, -0.05) is 17.2 Å². The summed E-state index contributed by atoms with van der Waals surface area (Å²) < 4.78 is 0. The summed E-state index contributed by atoms with van der Waals surface area (Å²) in [5.74, 6) is 0. The first-order valence-electron chi connectivity index (χ1n) is 5.24. The highest BCUT2D eigenvalue weighted by Gasteiger charge is 2.17. The van der Waals surface area contributed by atoms with Crippen molar-refractivity contribution in [2.45, 2.75) is 18.6 Å². The fraction of sp³-hybridized carbons (Fsp3) is 0.364. The first-order chi connectivity index (χ1) is 8.69. The summed E-state index contributed by atoms with van der Waals surface area (Å²) in [6.45, 7) is 0.0981. The monoisotopic (exact) mass is 248 g/mol. The predicted molar refractivity (Wildman–Crippen MR) is 63.8 cm³/mol. The number of nitrogens with zero attached hydrogens (tertiary/aromatic N) is 4. The van der Waals surface area contributed by atoms with Crippen LogP contribution in [0.25, 0.3) is 10.4 Å². The number of aliphatic imine (C=N–C) groups is 1. The molecule has 0 fully saturated rings. The van der Waals surface area contributed by atoms with E-state index in [1.807, 2.05) is 0 Å². The maximum absolute atomic E-state index is 10.1. The molecular weight excluding hydrogens is 236 g/mol. The molecule has 1 aromatic carbocycles. The molecule has 0 saturated heterocycles. The zero-order valence-electron chi connectivity index (χ0n) is 9.47. The molecular formula is C11H12N4O3. The van der Waals surface area contributed by atoms with Crippen LogP contribution < -0.4 is 0 Å². The van der Waals surface area contributed by atoms with E-state index < -0.39 is 12.2 Å². The molecule has 0 amide bonds. The first-order valence-corrected chi connectivity index (χ1v) is 5.24. The van der Waals surface area contributed by atoms with E-state index in [1.165, 1.54) is 12.1 Å². The van der Waals surface area contributed by atoms with Crippen molar-refractivity contribution in [3.05, 3.63) is 40.3 Å². The van der Waals surface area contributed by atoms with Crippen LogP contribution in [0.3, 0.4) is 0 Å². The van der Waals surface area contributed by atoms with Crippen molar-refractivity contribution >= 4 is 11.8 Å². The summed E-state index contributed by atoms with van der Waals surface area (Å²) in [6.07, 6.45) is -0.632. The van der Waals surface area contributed by atoms with Crippen molar-refractivity contribution < 1.29 is 15.0 Å². The quantitative estimate of drug-likeness (QED) is 0.262. The van der Waals surface area contributed by atoms with Gasteiger partial charge in [0.1, 0.15) is 6.10 Å². The molecule has 0 spiro atoms. The molecule has 7 heteroatoms. The van der Waals surface area contributed by atoms with Gasteiger partial charge in [-0.3, -0.25) is 0 Å². The number of azide groups is 1. The second-order valence-electron chi connectivity index (χ2n) is 3.55. The average molecular weight is 248 g/mol. The molecule has 18 heavy (non-hydrogen) atoms. The van der Waals surface area contributed by atoms with Gasteiger partial charge in [-0.05, 0) is 29.6 Å². The zero-order chi connectivity index (χ0) is 13.4. The third-order valence-electron chi connectivity index (χ3n) is 2.34. The molecule has 1 rings (SSSR count). The molecule has 0 aliphatic rings. The number of hydrogen-bond donors (Lipinski definition) is 2. The number of benzene rings is 1. The summed E-state index contributed by atoms with van der Waals surface area (Å²) in [5, 5.41) is 22.8. The number of aliphatic hydroxyl groups is 2. The Bertz CT molecular complexity index is 493. The molecule has 2 atom stereocenters. The van der Waals surface area contributed by atoms with Gasteiger partial charge in [0.05, 0.1) is 11.8 Å². The van der Waals surface area contributed by atoms with Crippen LogP contribution >= 0.6 is 0 Å². The average Bonchev–Trinajstić information content (AvgIpc) is 2.39. The Hall–Kier alpha value is -2.17. The number of aliphatic hydroxyl groups excluding tert-OH is 2. The van der Waals surface area contributed by atoms with Crippen LogP contribution in [-0.2, 0) is 4.79 Å². The molecule has 7 nitrogen and oxygen atoms in total. The normalized spacial score (nSPS) is 13.0. The van der Waals surface area contributed by atoms with Crippen LogP contribution in [-0.4, -0.2) is 28.9 Å². The highest BCUT2D eigenvalue weighted by atomic mass is 16.3. The van der Waals surface area contributed by atoms with Crippen LogP contribution in [0.1, 0.15) is 18.1 Å². The molecule has 2 N–H and O–H groups in total. The lowest BCUT2D eigenvalue weighted by Crippen LogP contribution is -2.19. The molecule has 1 aromatic rings. The van der Waals surface area contributed by atoms with E-state index in [0.717, 1.165) is 0 Å². The second kappa shape index (κ2) is 7.21. The van der Waals surface area contributed by atoms with Gasteiger partial charge in [-0.2, -0.15) is 4.99 Å². The van der Waals surface area contributed by atoms with E-state index in [1.54, 1.807) is 18.2 Å². The van der Waals surface area contributed by atoms with Crippen molar-refractivity contribution in [2.24, 2.45) is 10.1 Å². The number of isocyanates is 1. The Morgan fingerprint density at radius 3 is 2.89 bits per heavy atom. The van der Waals surface area contributed by atoms with E-state index in [9.17, 15) is 15.0 Å². The highest BCUT2D eigenvalue weighted by molar-refractivity contribution is 5.50. The maximum atomic E-state index is 10.1. The second-order valence-corrected chi connectivity index (χ2v) is 3.55. The smallest absolute Gasteiger partial charge is 0.240 e. The Morgan fingerprint density at radius 2 is 2.22 bits per heavy atom. The SMILES string of the molecule is [N-]=[N+]=NCCC(O)C(O)c1cccc(N=C=O)c1. The third-order valence-corrected chi connectivity index (χ3v) is 2.34. The Labute approximate surface area is 103 Å². The molecule has 0 heterocycles.